The summed E-state index contributed by atoms with van der Waals surface area (Å²) in [4.78, 5) is 26.5. The largest absolute Gasteiger partial charge is 0.497 e. The van der Waals surface area contributed by atoms with Crippen molar-refractivity contribution >= 4 is 17.5 Å². The molecule has 1 aliphatic rings. The number of nitrogens with one attached hydrogen (secondary N) is 1. The Bertz CT molecular complexity index is 588. The predicted molar refractivity (Wildman–Crippen MR) is 99.8 cm³/mol. The molecular formula is C20H30N2O3. The van der Waals surface area contributed by atoms with Crippen LogP contribution in [0.5, 0.6) is 5.75 Å². The zero-order valence-electron chi connectivity index (χ0n) is 15.6. The van der Waals surface area contributed by atoms with Gasteiger partial charge in [0.2, 0.25) is 11.8 Å². The number of hydrogen-bond acceptors (Lipinski definition) is 3. The molecule has 2 rings (SSSR count). The normalized spacial score (nSPS) is 18.3. The molecule has 2 atom stereocenters. The van der Waals surface area contributed by atoms with Crippen LogP contribution in [-0.2, 0) is 9.59 Å². The first-order chi connectivity index (χ1) is 12.0. The molecule has 5 heteroatoms. The average Bonchev–Trinajstić information content (AvgIpc) is 3.01. The first kappa shape index (κ1) is 19.3. The minimum atomic E-state index is -0.281. The molecule has 25 heavy (non-hydrogen) atoms. The van der Waals surface area contributed by atoms with Gasteiger partial charge in [-0.05, 0) is 25.5 Å². The van der Waals surface area contributed by atoms with Crippen molar-refractivity contribution in [2.24, 2.45) is 5.92 Å². The van der Waals surface area contributed by atoms with E-state index >= 15 is 0 Å². The summed E-state index contributed by atoms with van der Waals surface area (Å²) in [5, 5.41) is 3.07. The van der Waals surface area contributed by atoms with Gasteiger partial charge in [-0.15, -0.1) is 0 Å². The van der Waals surface area contributed by atoms with Crippen LogP contribution in [-0.4, -0.2) is 31.5 Å². The lowest BCUT2D eigenvalue weighted by molar-refractivity contribution is -0.126. The van der Waals surface area contributed by atoms with E-state index in [0.29, 0.717) is 12.3 Å². The summed E-state index contributed by atoms with van der Waals surface area (Å²) in [6.07, 6.45) is 6.06. The second kappa shape index (κ2) is 9.44. The molecule has 0 aliphatic carbocycles. The molecule has 1 aromatic rings. The molecule has 138 valence electrons. The zero-order valence-corrected chi connectivity index (χ0v) is 15.6. The fourth-order valence-corrected chi connectivity index (χ4v) is 3.22. The van der Waals surface area contributed by atoms with E-state index in [-0.39, 0.29) is 30.2 Å². The average molecular weight is 346 g/mol. The molecule has 0 saturated carbocycles. The van der Waals surface area contributed by atoms with E-state index in [0.717, 1.165) is 18.5 Å². The van der Waals surface area contributed by atoms with E-state index in [1.54, 1.807) is 12.0 Å². The lowest BCUT2D eigenvalue weighted by Crippen LogP contribution is -2.38. The number of hydrogen-bond donors (Lipinski definition) is 1. The molecule has 1 fully saturated rings. The molecule has 1 N–H and O–H groups in total. The van der Waals surface area contributed by atoms with Gasteiger partial charge >= 0.3 is 0 Å². The van der Waals surface area contributed by atoms with Crippen LogP contribution in [0.25, 0.3) is 0 Å². The van der Waals surface area contributed by atoms with Gasteiger partial charge < -0.3 is 15.0 Å². The van der Waals surface area contributed by atoms with Crippen molar-refractivity contribution in [2.75, 3.05) is 18.6 Å². The second-order valence-electron chi connectivity index (χ2n) is 6.87. The summed E-state index contributed by atoms with van der Waals surface area (Å²) in [6.45, 7) is 4.66. The van der Waals surface area contributed by atoms with E-state index in [1.165, 1.54) is 19.3 Å². The van der Waals surface area contributed by atoms with Crippen LogP contribution in [0.2, 0.25) is 0 Å². The van der Waals surface area contributed by atoms with Gasteiger partial charge in [-0.25, -0.2) is 0 Å². The van der Waals surface area contributed by atoms with Crippen LogP contribution >= 0.6 is 0 Å². The highest BCUT2D eigenvalue weighted by atomic mass is 16.5. The molecule has 1 heterocycles. The summed E-state index contributed by atoms with van der Waals surface area (Å²) in [5.41, 5.74) is 0.785. The Labute approximate surface area is 150 Å². The predicted octanol–water partition coefficient (Wildman–Crippen LogP) is 3.52. The quantitative estimate of drug-likeness (QED) is 0.696. The summed E-state index contributed by atoms with van der Waals surface area (Å²) in [6, 6.07) is 7.55. The maximum Gasteiger partial charge on any atom is 0.227 e. The van der Waals surface area contributed by atoms with Crippen molar-refractivity contribution in [2.45, 2.75) is 58.4 Å². The number of carbonyl (C=O) groups is 2. The minimum Gasteiger partial charge on any atom is -0.497 e. The Morgan fingerprint density at radius 3 is 2.88 bits per heavy atom. The number of benzene rings is 1. The van der Waals surface area contributed by atoms with E-state index in [2.05, 4.69) is 12.2 Å². The molecule has 2 amide bonds. The van der Waals surface area contributed by atoms with Gasteiger partial charge in [0, 0.05) is 30.8 Å². The number of amides is 2. The van der Waals surface area contributed by atoms with Crippen LogP contribution in [0.4, 0.5) is 5.69 Å². The molecule has 1 saturated heterocycles. The Hall–Kier alpha value is -2.04. The van der Waals surface area contributed by atoms with Gasteiger partial charge in [-0.2, -0.15) is 0 Å². The SMILES string of the molecule is CCCCCC[C@H](C)NC(=O)[C@H]1CC(=O)N(c2cccc(OC)c2)C1. The number of ether oxygens (including phenoxy) is 1. The lowest BCUT2D eigenvalue weighted by atomic mass is 10.1. The van der Waals surface area contributed by atoms with Crippen molar-refractivity contribution in [3.05, 3.63) is 24.3 Å². The van der Waals surface area contributed by atoms with Gasteiger partial charge in [0.25, 0.3) is 0 Å². The van der Waals surface area contributed by atoms with Gasteiger partial charge in [-0.3, -0.25) is 9.59 Å². The smallest absolute Gasteiger partial charge is 0.227 e. The van der Waals surface area contributed by atoms with Crippen molar-refractivity contribution in [1.29, 1.82) is 0 Å². The number of anilines is 1. The number of unbranched alkanes of at least 4 members (excludes halogenated alkanes) is 3. The van der Waals surface area contributed by atoms with Crippen LogP contribution in [0.15, 0.2) is 24.3 Å². The standard InChI is InChI=1S/C20H30N2O3/c1-4-5-6-7-9-15(2)21-20(24)16-12-19(23)22(14-16)17-10-8-11-18(13-17)25-3/h8,10-11,13,15-16H,4-7,9,12,14H2,1-3H3,(H,21,24)/t15-,16-/m0/s1. The van der Waals surface area contributed by atoms with Gasteiger partial charge in [0.15, 0.2) is 0 Å². The first-order valence-corrected chi connectivity index (χ1v) is 9.30. The van der Waals surface area contributed by atoms with E-state index in [9.17, 15) is 9.59 Å². The Morgan fingerprint density at radius 2 is 2.16 bits per heavy atom. The number of methoxy groups -OCH3 is 1. The number of rotatable bonds is 9. The topological polar surface area (TPSA) is 58.6 Å². The monoisotopic (exact) mass is 346 g/mol. The van der Waals surface area contributed by atoms with E-state index in [4.69, 9.17) is 4.74 Å². The maximum absolute atomic E-state index is 12.5. The van der Waals surface area contributed by atoms with Crippen LogP contribution in [0.3, 0.4) is 0 Å². The van der Waals surface area contributed by atoms with Crippen molar-refractivity contribution in [3.63, 3.8) is 0 Å². The molecule has 5 nitrogen and oxygen atoms in total. The molecule has 0 spiro atoms. The highest BCUT2D eigenvalue weighted by Crippen LogP contribution is 2.28. The van der Waals surface area contributed by atoms with Crippen molar-refractivity contribution in [1.82, 2.24) is 5.32 Å². The third-order valence-corrected chi connectivity index (χ3v) is 4.74. The molecule has 0 aromatic heterocycles. The van der Waals surface area contributed by atoms with Crippen LogP contribution < -0.4 is 15.0 Å². The van der Waals surface area contributed by atoms with Crippen molar-refractivity contribution < 1.29 is 14.3 Å². The number of nitrogens with zero attached hydrogens (tertiary/aromatic N) is 1. The molecule has 0 unspecified atom stereocenters. The Kier molecular flexibility index (Phi) is 7.29. The van der Waals surface area contributed by atoms with E-state index < -0.39 is 0 Å². The Morgan fingerprint density at radius 1 is 1.36 bits per heavy atom. The third kappa shape index (κ3) is 5.48. The molecule has 1 aliphatic heterocycles. The number of carbonyl (C=O) groups excluding carboxylic acids is 2. The fraction of sp³-hybridized carbons (Fsp3) is 0.600. The maximum atomic E-state index is 12.5. The van der Waals surface area contributed by atoms with E-state index in [1.807, 2.05) is 31.2 Å². The van der Waals surface area contributed by atoms with Gasteiger partial charge in [0.05, 0.1) is 13.0 Å². The summed E-state index contributed by atoms with van der Waals surface area (Å²) in [5.74, 6) is 0.404. The molecular weight excluding hydrogens is 316 g/mol. The fourth-order valence-electron chi connectivity index (χ4n) is 3.22. The van der Waals surface area contributed by atoms with Crippen LogP contribution in [0.1, 0.15) is 52.4 Å². The molecule has 0 radical (unpaired) electrons. The Balaban J connectivity index is 1.87. The molecule has 1 aromatic carbocycles. The van der Waals surface area contributed by atoms with Crippen LogP contribution in [0, 0.1) is 5.92 Å². The third-order valence-electron chi connectivity index (χ3n) is 4.74. The highest BCUT2D eigenvalue weighted by molar-refractivity contribution is 6.00. The van der Waals surface area contributed by atoms with Gasteiger partial charge in [-0.1, -0.05) is 38.7 Å². The summed E-state index contributed by atoms with van der Waals surface area (Å²) in [7, 11) is 1.60. The molecule has 0 bridgehead atoms. The second-order valence-corrected chi connectivity index (χ2v) is 6.87. The highest BCUT2D eigenvalue weighted by Gasteiger charge is 2.35. The minimum absolute atomic E-state index is 0.0102. The first-order valence-electron chi connectivity index (χ1n) is 9.30. The summed E-state index contributed by atoms with van der Waals surface area (Å²) >= 11 is 0. The lowest BCUT2D eigenvalue weighted by Gasteiger charge is -2.19. The van der Waals surface area contributed by atoms with Gasteiger partial charge in [0.1, 0.15) is 5.75 Å². The zero-order chi connectivity index (χ0) is 18.2. The van der Waals surface area contributed by atoms with Crippen molar-refractivity contribution in [3.8, 4) is 5.75 Å². The summed E-state index contributed by atoms with van der Waals surface area (Å²) < 4.78 is 5.21.